The van der Waals surface area contributed by atoms with Crippen molar-refractivity contribution in [1.82, 2.24) is 0 Å². The highest BCUT2D eigenvalue weighted by atomic mass is 35.5. The smallest absolute Gasteiger partial charge is 0.279 e. The normalized spacial score (nSPS) is 11.2. The average molecular weight is 223 g/mol. The van der Waals surface area contributed by atoms with Crippen LogP contribution in [-0.2, 0) is 10.1 Å². The predicted molar refractivity (Wildman–Crippen MR) is 32.1 cm³/mol. The molecule has 0 bridgehead atoms. The van der Waals surface area contributed by atoms with Crippen LogP contribution in [0.5, 0.6) is 0 Å². The minimum absolute atomic E-state index is 0. The lowest BCUT2D eigenvalue weighted by atomic mass is 11.6. The van der Waals surface area contributed by atoms with Crippen LogP contribution in [0.3, 0.4) is 0 Å². The van der Waals surface area contributed by atoms with Gasteiger partial charge in [-0.25, -0.2) is 0 Å². The quantitative estimate of drug-likeness (QED) is 0.496. The van der Waals surface area contributed by atoms with Gasteiger partial charge >= 0.3 is 15.6 Å². The molecule has 0 aliphatic carbocycles. The van der Waals surface area contributed by atoms with E-state index >= 15 is 0 Å². The molecule has 3 nitrogen and oxygen atoms in total. The Morgan fingerprint density at radius 2 is 1.20 bits per heavy atom. The Hall–Kier alpha value is 0.280. The topological polar surface area (TPSA) is 54.4 Å². The van der Waals surface area contributed by atoms with E-state index in [9.17, 15) is 13.2 Å². The lowest BCUT2D eigenvalue weighted by molar-refractivity contribution is -0.0510. The molecule has 10 heavy (non-hydrogen) atoms. The first-order valence-electron chi connectivity index (χ1n) is 1.29. The molecule has 0 aliphatic rings. The van der Waals surface area contributed by atoms with E-state index in [-0.39, 0.29) is 24.8 Å². The lowest BCUT2D eigenvalue weighted by Gasteiger charge is -1.97. The van der Waals surface area contributed by atoms with Gasteiger partial charge in [0.1, 0.15) is 0 Å². The van der Waals surface area contributed by atoms with Gasteiger partial charge in [-0.2, -0.15) is 21.6 Å². The summed E-state index contributed by atoms with van der Waals surface area (Å²) >= 11 is 0. The van der Waals surface area contributed by atoms with Crippen LogP contribution in [0.2, 0.25) is 0 Å². The van der Waals surface area contributed by atoms with Gasteiger partial charge < -0.3 is 0 Å². The van der Waals surface area contributed by atoms with Crippen molar-refractivity contribution in [2.75, 3.05) is 0 Å². The number of halogens is 5. The molecule has 0 amide bonds. The van der Waals surface area contributed by atoms with Crippen LogP contribution < -0.4 is 0 Å². The molecule has 0 saturated heterocycles. The molecule has 0 aliphatic heterocycles. The Kier molecular flexibility index (Phi) is 7.05. The molecule has 0 atom stereocenters. The molecule has 0 rings (SSSR count). The van der Waals surface area contributed by atoms with Crippen molar-refractivity contribution in [1.29, 1.82) is 0 Å². The maximum Gasteiger partial charge on any atom is 0.522 e. The van der Waals surface area contributed by atoms with Crippen LogP contribution in [0.15, 0.2) is 0 Å². The first-order valence-corrected chi connectivity index (χ1v) is 2.73. The number of rotatable bonds is 0. The van der Waals surface area contributed by atoms with Crippen LogP contribution in [0.25, 0.3) is 0 Å². The van der Waals surface area contributed by atoms with Crippen molar-refractivity contribution in [3.63, 3.8) is 0 Å². The minimum Gasteiger partial charge on any atom is -0.279 e. The molecule has 0 aromatic rings. The second-order valence-electron chi connectivity index (χ2n) is 0.921. The van der Waals surface area contributed by atoms with Gasteiger partial charge in [0.05, 0.1) is 0 Å². The van der Waals surface area contributed by atoms with Gasteiger partial charge in [0.25, 0.3) is 0 Å². The van der Waals surface area contributed by atoms with E-state index in [1.165, 1.54) is 0 Å². The van der Waals surface area contributed by atoms with E-state index in [2.05, 4.69) is 0 Å². The van der Waals surface area contributed by atoms with Crippen molar-refractivity contribution in [2.24, 2.45) is 0 Å². The van der Waals surface area contributed by atoms with Gasteiger partial charge in [-0.3, -0.25) is 4.55 Å². The van der Waals surface area contributed by atoms with E-state index in [4.69, 9.17) is 13.0 Å². The SMILES string of the molecule is Cl.Cl.O=S(=O)(O)C(F)(F)F. The van der Waals surface area contributed by atoms with Gasteiger partial charge in [0.2, 0.25) is 0 Å². The Morgan fingerprint density at radius 3 is 1.20 bits per heavy atom. The monoisotopic (exact) mass is 222 g/mol. The molecule has 0 unspecified atom stereocenters. The van der Waals surface area contributed by atoms with Gasteiger partial charge in [0, 0.05) is 0 Å². The van der Waals surface area contributed by atoms with Crippen LogP contribution >= 0.6 is 24.8 Å². The van der Waals surface area contributed by atoms with E-state index in [1.54, 1.807) is 0 Å². The van der Waals surface area contributed by atoms with Crippen molar-refractivity contribution in [3.8, 4) is 0 Å². The Bertz CT molecular complexity index is 171. The first kappa shape index (κ1) is 16.7. The summed E-state index contributed by atoms with van der Waals surface area (Å²) in [6.07, 6.45) is 0. The number of hydrogen-bond donors (Lipinski definition) is 1. The van der Waals surface area contributed by atoms with Gasteiger partial charge in [-0.1, -0.05) is 0 Å². The van der Waals surface area contributed by atoms with Crippen LogP contribution in [-0.4, -0.2) is 18.5 Å². The Labute approximate surface area is 67.2 Å². The summed E-state index contributed by atoms with van der Waals surface area (Å²) in [7, 11) is -5.84. The summed E-state index contributed by atoms with van der Waals surface area (Å²) in [6, 6.07) is 0. The molecule has 0 saturated carbocycles. The van der Waals surface area contributed by atoms with Crippen molar-refractivity contribution in [2.45, 2.75) is 5.51 Å². The fraction of sp³-hybridized carbons (Fsp3) is 1.00. The van der Waals surface area contributed by atoms with E-state index in [0.29, 0.717) is 0 Å². The summed E-state index contributed by atoms with van der Waals surface area (Å²) in [6.45, 7) is 0. The first-order chi connectivity index (χ1) is 3.25. The molecule has 0 fully saturated rings. The zero-order chi connectivity index (χ0) is 7.00. The third-order valence-electron chi connectivity index (χ3n) is 0.292. The maximum absolute atomic E-state index is 10.7. The molecular weight excluding hydrogens is 220 g/mol. The van der Waals surface area contributed by atoms with Gasteiger partial charge in [0.15, 0.2) is 0 Å². The molecule has 0 radical (unpaired) electrons. The Morgan fingerprint density at radius 1 is 1.10 bits per heavy atom. The molecule has 0 aromatic carbocycles. The van der Waals surface area contributed by atoms with Crippen LogP contribution in [0.4, 0.5) is 13.2 Å². The molecule has 1 N–H and O–H groups in total. The molecule has 0 heterocycles. The van der Waals surface area contributed by atoms with Gasteiger partial charge in [-0.15, -0.1) is 24.8 Å². The fourth-order valence-corrected chi connectivity index (χ4v) is 0. The van der Waals surface area contributed by atoms with E-state index in [0.717, 1.165) is 0 Å². The fourth-order valence-electron chi connectivity index (χ4n) is 0. The molecule has 9 heteroatoms. The van der Waals surface area contributed by atoms with E-state index < -0.39 is 15.6 Å². The molecule has 0 aromatic heterocycles. The van der Waals surface area contributed by atoms with Crippen LogP contribution in [0.1, 0.15) is 0 Å². The molecule has 0 spiro atoms. The third-order valence-corrected chi connectivity index (χ3v) is 0.877. The maximum atomic E-state index is 10.7. The van der Waals surface area contributed by atoms with Crippen molar-refractivity contribution < 1.29 is 26.1 Å². The van der Waals surface area contributed by atoms with Gasteiger partial charge in [-0.05, 0) is 0 Å². The van der Waals surface area contributed by atoms with Crippen molar-refractivity contribution in [3.05, 3.63) is 0 Å². The predicted octanol–water partition coefficient (Wildman–Crippen LogP) is 1.24. The number of alkyl halides is 3. The van der Waals surface area contributed by atoms with Crippen LogP contribution in [0, 0.1) is 0 Å². The summed E-state index contributed by atoms with van der Waals surface area (Å²) < 4.78 is 57.5. The highest BCUT2D eigenvalue weighted by molar-refractivity contribution is 7.86. The lowest BCUT2D eigenvalue weighted by Crippen LogP contribution is -2.21. The van der Waals surface area contributed by atoms with Crippen molar-refractivity contribution >= 4 is 34.9 Å². The highest BCUT2D eigenvalue weighted by Crippen LogP contribution is 2.20. The summed E-state index contributed by atoms with van der Waals surface area (Å²) in [5.41, 5.74) is -5.53. The second-order valence-corrected chi connectivity index (χ2v) is 2.33. The molecular formula is CH3Cl2F3O3S. The highest BCUT2D eigenvalue weighted by Gasteiger charge is 2.44. The molecule has 66 valence electrons. The zero-order valence-corrected chi connectivity index (χ0v) is 6.57. The third kappa shape index (κ3) is 5.10. The second kappa shape index (κ2) is 4.22. The average Bonchev–Trinajstić information content (AvgIpc) is 1.25. The largest absolute Gasteiger partial charge is 0.522 e. The zero-order valence-electron chi connectivity index (χ0n) is 4.12. The minimum atomic E-state index is -5.84. The van der Waals surface area contributed by atoms with E-state index in [1.807, 2.05) is 0 Å². The summed E-state index contributed by atoms with van der Waals surface area (Å²) in [5.74, 6) is 0. The Balaban J connectivity index is -0.000000245. The number of hydrogen-bond acceptors (Lipinski definition) is 2. The summed E-state index contributed by atoms with van der Waals surface area (Å²) in [5, 5.41) is 0. The standard InChI is InChI=1S/CHF3O3S.2ClH/c2-1(3,4)8(5,6)7;;/h(H,5,6,7);2*1H. The summed E-state index contributed by atoms with van der Waals surface area (Å²) in [4.78, 5) is 0.